The maximum atomic E-state index is 11.3. The molecule has 5 aromatic carbocycles. The molecule has 0 saturated heterocycles. The van der Waals surface area contributed by atoms with Crippen LogP contribution in [-0.4, -0.2) is 11.1 Å². The van der Waals surface area contributed by atoms with Crippen molar-refractivity contribution in [2.45, 2.75) is 13.2 Å². The summed E-state index contributed by atoms with van der Waals surface area (Å²) in [7, 11) is 0. The van der Waals surface area contributed by atoms with Gasteiger partial charge in [0.15, 0.2) is 0 Å². The lowest BCUT2D eigenvalue weighted by molar-refractivity contribution is 0.0697. The predicted molar refractivity (Wildman–Crippen MR) is 133 cm³/mol. The Hall–Kier alpha value is -4.31. The zero-order valence-corrected chi connectivity index (χ0v) is 18.0. The van der Waals surface area contributed by atoms with Gasteiger partial charge in [-0.2, -0.15) is 0 Å². The number of nitrogens with one attached hydrogen (secondary N) is 1. The summed E-state index contributed by atoms with van der Waals surface area (Å²) in [6, 6.07) is 33.7. The van der Waals surface area contributed by atoms with Crippen molar-refractivity contribution >= 4 is 33.2 Å². The number of anilines is 1. The van der Waals surface area contributed by atoms with E-state index in [1.54, 1.807) is 18.2 Å². The van der Waals surface area contributed by atoms with E-state index < -0.39 is 5.97 Å². The van der Waals surface area contributed by atoms with E-state index in [1.807, 2.05) is 36.4 Å². The van der Waals surface area contributed by atoms with Gasteiger partial charge in [-0.3, -0.25) is 0 Å². The highest BCUT2D eigenvalue weighted by molar-refractivity contribution is 5.90. The van der Waals surface area contributed by atoms with Gasteiger partial charge in [0.05, 0.1) is 5.56 Å². The molecule has 0 unspecified atom stereocenters. The van der Waals surface area contributed by atoms with Crippen molar-refractivity contribution in [2.24, 2.45) is 0 Å². The Kier molecular flexibility index (Phi) is 5.64. The zero-order valence-electron chi connectivity index (χ0n) is 18.0. The van der Waals surface area contributed by atoms with Crippen LogP contribution >= 0.6 is 0 Å². The molecular formula is C29H23NO3. The number of hydrogen-bond acceptors (Lipinski definition) is 3. The van der Waals surface area contributed by atoms with Gasteiger partial charge >= 0.3 is 5.97 Å². The Morgan fingerprint density at radius 2 is 1.45 bits per heavy atom. The molecule has 0 aromatic heterocycles. The third-order valence-electron chi connectivity index (χ3n) is 5.84. The van der Waals surface area contributed by atoms with Crippen molar-refractivity contribution in [1.29, 1.82) is 0 Å². The minimum Gasteiger partial charge on any atom is -0.489 e. The lowest BCUT2D eigenvalue weighted by Crippen LogP contribution is -2.06. The second-order valence-corrected chi connectivity index (χ2v) is 7.93. The highest BCUT2D eigenvalue weighted by atomic mass is 16.5. The summed E-state index contributed by atoms with van der Waals surface area (Å²) in [5.41, 5.74) is 3.18. The van der Waals surface area contributed by atoms with Gasteiger partial charge in [0, 0.05) is 17.8 Å². The van der Waals surface area contributed by atoms with Crippen LogP contribution in [0.2, 0.25) is 0 Å². The predicted octanol–water partition coefficient (Wildman–Crippen LogP) is 6.88. The maximum absolute atomic E-state index is 11.3. The van der Waals surface area contributed by atoms with Crippen LogP contribution in [0, 0.1) is 0 Å². The van der Waals surface area contributed by atoms with E-state index in [-0.39, 0.29) is 5.56 Å². The fourth-order valence-corrected chi connectivity index (χ4v) is 4.16. The van der Waals surface area contributed by atoms with E-state index in [2.05, 4.69) is 53.8 Å². The van der Waals surface area contributed by atoms with E-state index in [0.29, 0.717) is 13.2 Å². The molecular weight excluding hydrogens is 410 g/mol. The molecule has 0 atom stereocenters. The highest BCUT2D eigenvalue weighted by Crippen LogP contribution is 2.30. The molecule has 5 rings (SSSR count). The number of carboxylic acid groups (broad SMARTS) is 1. The summed E-state index contributed by atoms with van der Waals surface area (Å²) < 4.78 is 6.36. The Morgan fingerprint density at radius 1 is 0.758 bits per heavy atom. The lowest BCUT2D eigenvalue weighted by Gasteiger charge is -2.16. The molecule has 5 aromatic rings. The molecule has 0 aliphatic heterocycles. The smallest absolute Gasteiger partial charge is 0.335 e. The first-order chi connectivity index (χ1) is 16.2. The lowest BCUT2D eigenvalue weighted by atomic mass is 10.0. The van der Waals surface area contributed by atoms with Crippen LogP contribution < -0.4 is 10.1 Å². The number of benzene rings is 5. The summed E-state index contributed by atoms with van der Waals surface area (Å²) in [6.45, 7) is 0.969. The number of fused-ring (bicyclic) bond motifs is 2. The number of rotatable bonds is 7. The van der Waals surface area contributed by atoms with Crippen LogP contribution in [0.3, 0.4) is 0 Å². The molecule has 4 heteroatoms. The Bertz CT molecular complexity index is 1450. The largest absolute Gasteiger partial charge is 0.489 e. The highest BCUT2D eigenvalue weighted by Gasteiger charge is 2.11. The summed E-state index contributed by atoms with van der Waals surface area (Å²) >= 11 is 0. The summed E-state index contributed by atoms with van der Waals surface area (Å²) in [5.74, 6) is -0.133. The first kappa shape index (κ1) is 20.6. The molecule has 0 aliphatic rings. The number of aromatic carboxylic acids is 1. The average Bonchev–Trinajstić information content (AvgIpc) is 2.86. The van der Waals surface area contributed by atoms with Crippen molar-refractivity contribution in [3.05, 3.63) is 120 Å². The summed E-state index contributed by atoms with van der Waals surface area (Å²) in [5, 5.41) is 17.3. The fourth-order valence-electron chi connectivity index (χ4n) is 4.16. The molecule has 0 fully saturated rings. The van der Waals surface area contributed by atoms with Crippen molar-refractivity contribution in [2.75, 3.05) is 5.32 Å². The second kappa shape index (κ2) is 9.05. The summed E-state index contributed by atoms with van der Waals surface area (Å²) in [6.07, 6.45) is 0. The first-order valence-electron chi connectivity index (χ1n) is 10.9. The average molecular weight is 434 g/mol. The zero-order chi connectivity index (χ0) is 22.6. The third-order valence-corrected chi connectivity index (χ3v) is 5.84. The topological polar surface area (TPSA) is 58.6 Å². The molecule has 0 radical (unpaired) electrons. The molecule has 0 saturated carbocycles. The van der Waals surface area contributed by atoms with Gasteiger partial charge in [0.2, 0.25) is 0 Å². The number of ether oxygens (including phenoxy) is 1. The van der Waals surface area contributed by atoms with Crippen molar-refractivity contribution < 1.29 is 14.6 Å². The van der Waals surface area contributed by atoms with E-state index >= 15 is 0 Å². The van der Waals surface area contributed by atoms with Gasteiger partial charge in [-0.1, -0.05) is 78.9 Å². The van der Waals surface area contributed by atoms with E-state index in [4.69, 9.17) is 4.74 Å². The molecule has 4 nitrogen and oxygen atoms in total. The number of carboxylic acids is 1. The molecule has 0 heterocycles. The Labute approximate surface area is 192 Å². The van der Waals surface area contributed by atoms with Crippen molar-refractivity contribution in [3.8, 4) is 5.75 Å². The molecule has 33 heavy (non-hydrogen) atoms. The van der Waals surface area contributed by atoms with Gasteiger partial charge < -0.3 is 15.2 Å². The van der Waals surface area contributed by atoms with Crippen LogP contribution in [0.4, 0.5) is 5.69 Å². The summed E-state index contributed by atoms with van der Waals surface area (Å²) in [4.78, 5) is 11.3. The van der Waals surface area contributed by atoms with Crippen LogP contribution in [0.15, 0.2) is 103 Å². The van der Waals surface area contributed by atoms with Crippen LogP contribution in [-0.2, 0) is 13.2 Å². The Morgan fingerprint density at radius 3 is 2.27 bits per heavy atom. The van der Waals surface area contributed by atoms with Gasteiger partial charge in [-0.25, -0.2) is 4.79 Å². The third kappa shape index (κ3) is 4.37. The van der Waals surface area contributed by atoms with Crippen molar-refractivity contribution in [3.63, 3.8) is 0 Å². The van der Waals surface area contributed by atoms with E-state index in [9.17, 15) is 9.90 Å². The van der Waals surface area contributed by atoms with Crippen LogP contribution in [0.1, 0.15) is 21.5 Å². The number of hydrogen-bond donors (Lipinski definition) is 2. The fraction of sp³-hybridized carbons (Fsp3) is 0.0690. The SMILES string of the molecule is O=C(O)c1cccc(NCc2c(OCc3cccc4ccccc34)ccc3ccccc23)c1. The van der Waals surface area contributed by atoms with Crippen LogP contribution in [0.5, 0.6) is 5.75 Å². The Balaban J connectivity index is 1.45. The van der Waals surface area contributed by atoms with Gasteiger partial charge in [0.1, 0.15) is 12.4 Å². The maximum Gasteiger partial charge on any atom is 0.335 e. The molecule has 0 spiro atoms. The van der Waals surface area contributed by atoms with Gasteiger partial charge in [-0.05, 0) is 51.4 Å². The second-order valence-electron chi connectivity index (χ2n) is 7.93. The van der Waals surface area contributed by atoms with E-state index in [0.717, 1.165) is 33.3 Å². The normalized spacial score (nSPS) is 10.9. The van der Waals surface area contributed by atoms with E-state index in [1.165, 1.54) is 10.8 Å². The first-order valence-corrected chi connectivity index (χ1v) is 10.9. The molecule has 162 valence electrons. The minimum atomic E-state index is -0.942. The quantitative estimate of drug-likeness (QED) is 0.294. The monoisotopic (exact) mass is 433 g/mol. The van der Waals surface area contributed by atoms with Gasteiger partial charge in [-0.15, -0.1) is 0 Å². The standard InChI is InChI=1S/C29H23NO3/c31-29(32)22-10-6-12-24(17-22)30-18-27-26-14-4-2-8-21(26)15-16-28(27)33-19-23-11-5-9-20-7-1-3-13-25(20)23/h1-17,30H,18-19H2,(H,31,32). The van der Waals surface area contributed by atoms with Crippen molar-refractivity contribution in [1.82, 2.24) is 0 Å². The minimum absolute atomic E-state index is 0.255. The van der Waals surface area contributed by atoms with Gasteiger partial charge in [0.25, 0.3) is 0 Å². The van der Waals surface area contributed by atoms with Crippen LogP contribution in [0.25, 0.3) is 21.5 Å². The number of carbonyl (C=O) groups is 1. The molecule has 0 bridgehead atoms. The molecule has 0 amide bonds. The molecule has 0 aliphatic carbocycles. The molecule has 2 N–H and O–H groups in total.